The second-order valence-corrected chi connectivity index (χ2v) is 4.63. The molecular formula is C11H15NO3S. The van der Waals surface area contributed by atoms with Crippen LogP contribution in [0.3, 0.4) is 0 Å². The number of hydrogen-bond donors (Lipinski definition) is 0. The highest BCUT2D eigenvalue weighted by Crippen LogP contribution is 2.31. The molecule has 0 bridgehead atoms. The van der Waals surface area contributed by atoms with E-state index in [-0.39, 0.29) is 5.97 Å². The van der Waals surface area contributed by atoms with Crippen LogP contribution in [-0.2, 0) is 9.53 Å². The van der Waals surface area contributed by atoms with Gasteiger partial charge in [-0.2, -0.15) is 0 Å². The van der Waals surface area contributed by atoms with Crippen LogP contribution in [0.25, 0.3) is 0 Å². The van der Waals surface area contributed by atoms with E-state index in [1.807, 2.05) is 0 Å². The number of nitrogens with zero attached hydrogens (tertiary/aromatic N) is 1. The molecule has 0 spiro atoms. The van der Waals surface area contributed by atoms with Crippen molar-refractivity contribution in [3.63, 3.8) is 0 Å². The van der Waals surface area contributed by atoms with Gasteiger partial charge in [-0.3, -0.25) is 4.79 Å². The summed E-state index contributed by atoms with van der Waals surface area (Å²) in [6.45, 7) is 3.37. The SMILES string of the molecule is CCC(=O)Oc1csc(C2CCOCC2)n1. The number of rotatable bonds is 3. The maximum absolute atomic E-state index is 11.1. The molecule has 0 aromatic carbocycles. The minimum atomic E-state index is -0.233. The predicted octanol–water partition coefficient (Wildman–Crippen LogP) is 2.35. The summed E-state index contributed by atoms with van der Waals surface area (Å²) in [4.78, 5) is 15.4. The van der Waals surface area contributed by atoms with E-state index in [0.717, 1.165) is 31.1 Å². The summed E-state index contributed by atoms with van der Waals surface area (Å²) >= 11 is 1.56. The lowest BCUT2D eigenvalue weighted by atomic mass is 10.0. The van der Waals surface area contributed by atoms with Crippen LogP contribution in [0, 0.1) is 0 Å². The van der Waals surface area contributed by atoms with Crippen LogP contribution in [0.15, 0.2) is 5.38 Å². The normalized spacial score (nSPS) is 17.3. The van der Waals surface area contributed by atoms with Gasteiger partial charge in [-0.25, -0.2) is 4.98 Å². The Balaban J connectivity index is 1.98. The molecule has 0 atom stereocenters. The largest absolute Gasteiger partial charge is 0.407 e. The summed E-state index contributed by atoms with van der Waals surface area (Å²) in [7, 11) is 0. The molecule has 88 valence electrons. The van der Waals surface area contributed by atoms with Crippen molar-refractivity contribution in [2.75, 3.05) is 13.2 Å². The van der Waals surface area contributed by atoms with Crippen LogP contribution in [0.1, 0.15) is 37.1 Å². The molecule has 4 nitrogen and oxygen atoms in total. The second-order valence-electron chi connectivity index (χ2n) is 3.74. The quantitative estimate of drug-likeness (QED) is 0.762. The highest BCUT2D eigenvalue weighted by Gasteiger charge is 2.19. The fourth-order valence-corrected chi connectivity index (χ4v) is 2.53. The molecule has 0 N–H and O–H groups in total. The first kappa shape index (κ1) is 11.5. The molecule has 0 saturated carbocycles. The molecule has 1 aromatic rings. The van der Waals surface area contributed by atoms with Gasteiger partial charge in [0.15, 0.2) is 0 Å². The number of aromatic nitrogens is 1. The fraction of sp³-hybridized carbons (Fsp3) is 0.636. The highest BCUT2D eigenvalue weighted by atomic mass is 32.1. The van der Waals surface area contributed by atoms with Gasteiger partial charge >= 0.3 is 5.97 Å². The van der Waals surface area contributed by atoms with Crippen molar-refractivity contribution in [2.45, 2.75) is 32.1 Å². The molecule has 1 aromatic heterocycles. The van der Waals surface area contributed by atoms with Gasteiger partial charge in [0, 0.05) is 25.6 Å². The van der Waals surface area contributed by atoms with Crippen molar-refractivity contribution in [1.29, 1.82) is 0 Å². The number of thiazole rings is 1. The van der Waals surface area contributed by atoms with Gasteiger partial charge in [0.05, 0.1) is 10.4 Å². The first-order chi connectivity index (χ1) is 7.79. The molecule has 0 aliphatic carbocycles. The number of hydrogen-bond acceptors (Lipinski definition) is 5. The third-order valence-corrected chi connectivity index (χ3v) is 3.56. The lowest BCUT2D eigenvalue weighted by Gasteiger charge is -2.19. The average molecular weight is 241 g/mol. The zero-order chi connectivity index (χ0) is 11.4. The first-order valence-corrected chi connectivity index (χ1v) is 6.41. The molecule has 1 aliphatic rings. The summed E-state index contributed by atoms with van der Waals surface area (Å²) in [6.07, 6.45) is 2.40. The molecule has 0 amide bonds. The molecule has 2 heterocycles. The highest BCUT2D eigenvalue weighted by molar-refractivity contribution is 7.09. The Labute approximate surface area is 98.6 Å². The maximum Gasteiger partial charge on any atom is 0.312 e. The summed E-state index contributed by atoms with van der Waals surface area (Å²) < 4.78 is 10.4. The van der Waals surface area contributed by atoms with E-state index in [1.54, 1.807) is 23.6 Å². The first-order valence-electron chi connectivity index (χ1n) is 5.53. The Hall–Kier alpha value is -0.940. The number of ether oxygens (including phenoxy) is 2. The smallest absolute Gasteiger partial charge is 0.312 e. The standard InChI is InChI=1S/C11H15NO3S/c1-2-10(13)15-9-7-16-11(12-9)8-3-5-14-6-4-8/h7-8H,2-6H2,1H3. The second kappa shape index (κ2) is 5.41. The van der Waals surface area contributed by atoms with Crippen molar-refractivity contribution in [3.8, 4) is 5.88 Å². The van der Waals surface area contributed by atoms with E-state index in [9.17, 15) is 4.79 Å². The molecule has 0 unspecified atom stereocenters. The van der Waals surface area contributed by atoms with Crippen molar-refractivity contribution in [2.24, 2.45) is 0 Å². The van der Waals surface area contributed by atoms with Crippen molar-refractivity contribution >= 4 is 17.3 Å². The number of carbonyl (C=O) groups excluding carboxylic acids is 1. The molecule has 0 radical (unpaired) electrons. The van der Waals surface area contributed by atoms with E-state index in [1.165, 1.54) is 0 Å². The summed E-state index contributed by atoms with van der Waals surface area (Å²) in [5.74, 6) is 0.676. The summed E-state index contributed by atoms with van der Waals surface area (Å²) in [5, 5.41) is 2.86. The Morgan fingerprint density at radius 1 is 1.62 bits per heavy atom. The molecule has 16 heavy (non-hydrogen) atoms. The van der Waals surface area contributed by atoms with Gasteiger partial charge in [-0.1, -0.05) is 6.92 Å². The van der Waals surface area contributed by atoms with Crippen molar-refractivity contribution in [3.05, 3.63) is 10.4 Å². The van der Waals surface area contributed by atoms with Crippen molar-refractivity contribution < 1.29 is 14.3 Å². The third kappa shape index (κ3) is 2.80. The number of esters is 1. The molecule has 5 heteroatoms. The summed E-state index contributed by atoms with van der Waals surface area (Å²) in [5.41, 5.74) is 0. The minimum absolute atomic E-state index is 0.233. The van der Waals surface area contributed by atoms with E-state index in [4.69, 9.17) is 9.47 Å². The lowest BCUT2D eigenvalue weighted by Crippen LogP contribution is -2.14. The number of carbonyl (C=O) groups is 1. The molecule has 1 saturated heterocycles. The van der Waals surface area contributed by atoms with Gasteiger partial charge in [0.1, 0.15) is 0 Å². The Morgan fingerprint density at radius 2 is 2.38 bits per heavy atom. The zero-order valence-electron chi connectivity index (χ0n) is 9.27. The lowest BCUT2D eigenvalue weighted by molar-refractivity contribution is -0.134. The van der Waals surface area contributed by atoms with Crippen LogP contribution in [0.4, 0.5) is 0 Å². The van der Waals surface area contributed by atoms with Gasteiger partial charge in [-0.15, -0.1) is 11.3 Å². The van der Waals surface area contributed by atoms with Gasteiger partial charge in [0.2, 0.25) is 5.88 Å². The van der Waals surface area contributed by atoms with E-state index in [2.05, 4.69) is 4.98 Å². The van der Waals surface area contributed by atoms with Gasteiger partial charge in [0.25, 0.3) is 0 Å². The van der Waals surface area contributed by atoms with Crippen LogP contribution >= 0.6 is 11.3 Å². The van der Waals surface area contributed by atoms with Crippen LogP contribution in [0.2, 0.25) is 0 Å². The molecule has 2 rings (SSSR count). The Kier molecular flexibility index (Phi) is 3.90. The Bertz CT molecular complexity index is 358. The van der Waals surface area contributed by atoms with E-state index >= 15 is 0 Å². The third-order valence-electron chi connectivity index (χ3n) is 2.58. The van der Waals surface area contributed by atoms with Gasteiger partial charge in [-0.05, 0) is 12.8 Å². The van der Waals surface area contributed by atoms with Gasteiger partial charge < -0.3 is 9.47 Å². The van der Waals surface area contributed by atoms with E-state index in [0.29, 0.717) is 18.2 Å². The van der Waals surface area contributed by atoms with E-state index < -0.39 is 0 Å². The fourth-order valence-electron chi connectivity index (χ4n) is 1.64. The average Bonchev–Trinajstić information content (AvgIpc) is 2.78. The molecular weight excluding hydrogens is 226 g/mol. The maximum atomic E-state index is 11.1. The zero-order valence-corrected chi connectivity index (χ0v) is 10.1. The van der Waals surface area contributed by atoms with Crippen LogP contribution in [0.5, 0.6) is 5.88 Å². The van der Waals surface area contributed by atoms with Crippen LogP contribution < -0.4 is 4.74 Å². The summed E-state index contributed by atoms with van der Waals surface area (Å²) in [6, 6.07) is 0. The van der Waals surface area contributed by atoms with Crippen LogP contribution in [-0.4, -0.2) is 24.2 Å². The molecule has 1 fully saturated rings. The van der Waals surface area contributed by atoms with Crippen molar-refractivity contribution in [1.82, 2.24) is 4.98 Å². The predicted molar refractivity (Wildman–Crippen MR) is 60.8 cm³/mol. The minimum Gasteiger partial charge on any atom is -0.407 e. The molecule has 1 aliphatic heterocycles. The topological polar surface area (TPSA) is 48.4 Å². The Morgan fingerprint density at radius 3 is 3.06 bits per heavy atom. The monoisotopic (exact) mass is 241 g/mol.